The number of carbonyl (C=O) groups is 1. The Hall–Kier alpha value is -4.18. The number of halogens is 1. The molecule has 4 aromatic rings. The van der Waals surface area contributed by atoms with E-state index < -0.39 is 17.4 Å². The van der Waals surface area contributed by atoms with Crippen LogP contribution in [0.15, 0.2) is 66.9 Å². The van der Waals surface area contributed by atoms with E-state index in [1.54, 1.807) is 32.9 Å². The average Bonchev–Trinajstić information content (AvgIpc) is 3.46. The number of rotatable bonds is 4. The van der Waals surface area contributed by atoms with Crippen molar-refractivity contribution in [2.45, 2.75) is 51.9 Å². The van der Waals surface area contributed by atoms with Gasteiger partial charge in [-0.3, -0.25) is 0 Å². The van der Waals surface area contributed by atoms with E-state index >= 15 is 4.39 Å². The Balaban J connectivity index is 1.51. The SMILES string of the molecule is Cc1ccc(-c2nc3ccn(CC4(F)CCN(C(=O)OC(C)(C)C)C4)c3cc2-c2ccc(C#N)cc2)cc1. The Morgan fingerprint density at radius 2 is 1.79 bits per heavy atom. The van der Waals surface area contributed by atoms with Gasteiger partial charge in [-0.2, -0.15) is 5.26 Å². The van der Waals surface area contributed by atoms with Crippen LogP contribution in [0.4, 0.5) is 9.18 Å². The Kier molecular flexibility index (Phi) is 6.44. The summed E-state index contributed by atoms with van der Waals surface area (Å²) < 4.78 is 23.3. The lowest BCUT2D eigenvalue weighted by Crippen LogP contribution is -2.39. The minimum absolute atomic E-state index is 0.0149. The van der Waals surface area contributed by atoms with Crippen LogP contribution >= 0.6 is 0 Å². The summed E-state index contributed by atoms with van der Waals surface area (Å²) in [6.45, 7) is 7.86. The molecule has 0 spiro atoms. The number of hydrogen-bond donors (Lipinski definition) is 0. The second kappa shape index (κ2) is 9.60. The lowest BCUT2D eigenvalue weighted by molar-refractivity contribution is 0.0251. The quantitative estimate of drug-likeness (QED) is 0.299. The van der Waals surface area contributed by atoms with Gasteiger partial charge in [0.05, 0.1) is 41.4 Å². The molecular formula is C31H31FN4O2. The molecule has 5 rings (SSSR count). The van der Waals surface area contributed by atoms with E-state index in [1.807, 2.05) is 54.1 Å². The van der Waals surface area contributed by atoms with Gasteiger partial charge in [-0.25, -0.2) is 14.2 Å². The van der Waals surface area contributed by atoms with Gasteiger partial charge >= 0.3 is 6.09 Å². The third-order valence-electron chi connectivity index (χ3n) is 6.81. The number of fused-ring (bicyclic) bond motifs is 1. The number of benzene rings is 2. The summed E-state index contributed by atoms with van der Waals surface area (Å²) in [5, 5.41) is 9.24. The molecule has 1 aliphatic rings. The number of nitrogens with zero attached hydrogens (tertiary/aromatic N) is 4. The number of amides is 1. The Labute approximate surface area is 222 Å². The fraction of sp³-hybridized carbons (Fsp3) is 0.323. The van der Waals surface area contributed by atoms with E-state index in [2.05, 4.69) is 18.2 Å². The molecule has 7 heteroatoms. The van der Waals surface area contributed by atoms with Crippen molar-refractivity contribution in [3.63, 3.8) is 0 Å². The molecule has 1 unspecified atom stereocenters. The normalized spacial score (nSPS) is 17.5. The molecule has 1 saturated heterocycles. The van der Waals surface area contributed by atoms with Crippen LogP contribution in [0.5, 0.6) is 0 Å². The van der Waals surface area contributed by atoms with E-state index in [-0.39, 0.29) is 19.5 Å². The molecule has 2 aromatic heterocycles. The number of likely N-dealkylation sites (tertiary alicyclic amines) is 1. The summed E-state index contributed by atoms with van der Waals surface area (Å²) in [7, 11) is 0. The molecule has 2 aromatic carbocycles. The predicted octanol–water partition coefficient (Wildman–Crippen LogP) is 6.90. The first-order valence-electron chi connectivity index (χ1n) is 12.8. The zero-order chi connectivity index (χ0) is 27.1. The first-order valence-corrected chi connectivity index (χ1v) is 12.8. The standard InChI is InChI=1S/C31H31FN4O2/c1-21-5-9-24(10-6-21)28-25(23-11-7-22(18-33)8-12-23)17-27-26(34-28)13-15-35(27)19-31(32)14-16-36(20-31)29(37)38-30(2,3)4/h5-13,15,17H,14,16,19-20H2,1-4H3. The van der Waals surface area contributed by atoms with Gasteiger partial charge in [0.1, 0.15) is 11.3 Å². The monoisotopic (exact) mass is 510 g/mol. The van der Waals surface area contributed by atoms with Crippen LogP contribution in [0.1, 0.15) is 38.3 Å². The minimum Gasteiger partial charge on any atom is -0.444 e. The number of carbonyl (C=O) groups excluding carboxylic acids is 1. The molecule has 38 heavy (non-hydrogen) atoms. The first-order chi connectivity index (χ1) is 18.0. The molecule has 1 fully saturated rings. The van der Waals surface area contributed by atoms with Gasteiger partial charge in [-0.1, -0.05) is 42.0 Å². The maximum atomic E-state index is 16.0. The molecule has 0 saturated carbocycles. The number of pyridine rings is 1. The molecular weight excluding hydrogens is 479 g/mol. The summed E-state index contributed by atoms with van der Waals surface area (Å²) in [4.78, 5) is 19.0. The Bertz CT molecular complexity index is 1530. The summed E-state index contributed by atoms with van der Waals surface area (Å²) in [5.74, 6) is 0. The number of alkyl halides is 1. The second-order valence-corrected chi connectivity index (χ2v) is 11.1. The van der Waals surface area contributed by atoms with E-state index in [4.69, 9.17) is 9.72 Å². The average molecular weight is 511 g/mol. The number of aromatic nitrogens is 2. The lowest BCUT2D eigenvalue weighted by Gasteiger charge is -2.25. The van der Waals surface area contributed by atoms with Crippen LogP contribution in [-0.2, 0) is 11.3 Å². The van der Waals surface area contributed by atoms with Crippen molar-refractivity contribution in [1.29, 1.82) is 5.26 Å². The topological polar surface area (TPSA) is 71.2 Å². The van der Waals surface area contributed by atoms with Gasteiger partial charge in [-0.05, 0) is 57.5 Å². The zero-order valence-corrected chi connectivity index (χ0v) is 22.2. The van der Waals surface area contributed by atoms with Crippen molar-refractivity contribution in [3.05, 3.63) is 78.0 Å². The second-order valence-electron chi connectivity index (χ2n) is 11.1. The Morgan fingerprint density at radius 1 is 1.11 bits per heavy atom. The van der Waals surface area contributed by atoms with Gasteiger partial charge in [-0.15, -0.1) is 0 Å². The lowest BCUT2D eigenvalue weighted by atomic mass is 9.97. The predicted molar refractivity (Wildman–Crippen MR) is 146 cm³/mol. The summed E-state index contributed by atoms with van der Waals surface area (Å²) in [6.07, 6.45) is 1.61. The van der Waals surface area contributed by atoms with E-state index in [0.29, 0.717) is 12.1 Å². The van der Waals surface area contributed by atoms with Crippen LogP contribution in [0.3, 0.4) is 0 Å². The fourth-order valence-electron chi connectivity index (χ4n) is 4.88. The smallest absolute Gasteiger partial charge is 0.410 e. The molecule has 0 aliphatic carbocycles. The van der Waals surface area contributed by atoms with Crippen molar-refractivity contribution < 1.29 is 13.9 Å². The van der Waals surface area contributed by atoms with E-state index in [1.165, 1.54) is 4.90 Å². The fourth-order valence-corrected chi connectivity index (χ4v) is 4.88. The molecule has 194 valence electrons. The number of nitriles is 1. The summed E-state index contributed by atoms with van der Waals surface area (Å²) in [6, 6.07) is 21.7. The van der Waals surface area contributed by atoms with Gasteiger partial charge in [0.25, 0.3) is 0 Å². The van der Waals surface area contributed by atoms with Gasteiger partial charge < -0.3 is 14.2 Å². The van der Waals surface area contributed by atoms with Crippen molar-refractivity contribution in [2.75, 3.05) is 13.1 Å². The summed E-state index contributed by atoms with van der Waals surface area (Å²) in [5.41, 5.74) is 4.75. The molecule has 1 aliphatic heterocycles. The maximum Gasteiger partial charge on any atom is 0.410 e. The van der Waals surface area contributed by atoms with Crippen LogP contribution in [0.25, 0.3) is 33.4 Å². The zero-order valence-electron chi connectivity index (χ0n) is 22.2. The van der Waals surface area contributed by atoms with Gasteiger partial charge in [0, 0.05) is 30.3 Å². The third-order valence-corrected chi connectivity index (χ3v) is 6.81. The molecule has 3 heterocycles. The highest BCUT2D eigenvalue weighted by molar-refractivity contribution is 5.90. The summed E-state index contributed by atoms with van der Waals surface area (Å²) >= 11 is 0. The molecule has 1 atom stereocenters. The van der Waals surface area contributed by atoms with Crippen LogP contribution in [0, 0.1) is 18.3 Å². The highest BCUT2D eigenvalue weighted by Gasteiger charge is 2.42. The molecule has 0 N–H and O–H groups in total. The molecule has 1 amide bonds. The first kappa shape index (κ1) is 25.5. The molecule has 0 radical (unpaired) electrons. The van der Waals surface area contributed by atoms with Crippen molar-refractivity contribution in [3.8, 4) is 28.5 Å². The van der Waals surface area contributed by atoms with Crippen LogP contribution in [-0.4, -0.2) is 44.9 Å². The van der Waals surface area contributed by atoms with E-state index in [9.17, 15) is 10.1 Å². The highest BCUT2D eigenvalue weighted by atomic mass is 19.1. The van der Waals surface area contributed by atoms with Crippen molar-refractivity contribution in [1.82, 2.24) is 14.5 Å². The van der Waals surface area contributed by atoms with Crippen LogP contribution < -0.4 is 0 Å². The minimum atomic E-state index is -1.58. The van der Waals surface area contributed by atoms with Gasteiger partial charge in [0.15, 0.2) is 0 Å². The van der Waals surface area contributed by atoms with Gasteiger partial charge in [0.2, 0.25) is 0 Å². The number of ether oxygens (including phenoxy) is 1. The van der Waals surface area contributed by atoms with Crippen molar-refractivity contribution >= 4 is 17.1 Å². The highest BCUT2D eigenvalue weighted by Crippen LogP contribution is 2.36. The molecule has 6 nitrogen and oxygen atoms in total. The van der Waals surface area contributed by atoms with E-state index in [0.717, 1.165) is 39.0 Å². The number of hydrogen-bond acceptors (Lipinski definition) is 4. The Morgan fingerprint density at radius 3 is 2.45 bits per heavy atom. The van der Waals surface area contributed by atoms with Crippen molar-refractivity contribution in [2.24, 2.45) is 0 Å². The molecule has 0 bridgehead atoms. The maximum absolute atomic E-state index is 16.0. The number of aryl methyl sites for hydroxylation is 1. The van der Waals surface area contributed by atoms with Crippen LogP contribution in [0.2, 0.25) is 0 Å². The third kappa shape index (κ3) is 5.26. The largest absolute Gasteiger partial charge is 0.444 e.